The molecule has 0 aromatic heterocycles. The molecule has 0 aromatic carbocycles. The number of hydrogen-bond acceptors (Lipinski definition) is 3. The fourth-order valence-electron chi connectivity index (χ4n) is 2.85. The molecular formula is C15H32N2S. The van der Waals surface area contributed by atoms with Crippen molar-refractivity contribution in [3.63, 3.8) is 0 Å². The van der Waals surface area contributed by atoms with E-state index in [1.807, 2.05) is 0 Å². The number of thioether (sulfide) groups is 1. The van der Waals surface area contributed by atoms with E-state index in [0.29, 0.717) is 0 Å². The topological polar surface area (TPSA) is 15.3 Å². The van der Waals surface area contributed by atoms with Gasteiger partial charge in [0, 0.05) is 23.6 Å². The molecule has 1 aliphatic carbocycles. The van der Waals surface area contributed by atoms with Gasteiger partial charge in [-0.05, 0) is 44.8 Å². The molecule has 3 heteroatoms. The molecule has 18 heavy (non-hydrogen) atoms. The highest BCUT2D eigenvalue weighted by Gasteiger charge is 2.32. The SMILES string of the molecule is CCCNC1CCC(SCCN(CC)CC)C1C. The van der Waals surface area contributed by atoms with Crippen molar-refractivity contribution in [3.05, 3.63) is 0 Å². The Bertz CT molecular complexity index is 207. The van der Waals surface area contributed by atoms with Gasteiger partial charge in [0.25, 0.3) is 0 Å². The van der Waals surface area contributed by atoms with Crippen molar-refractivity contribution < 1.29 is 0 Å². The molecule has 108 valence electrons. The Labute approximate surface area is 118 Å². The Morgan fingerprint density at radius 1 is 1.17 bits per heavy atom. The van der Waals surface area contributed by atoms with Crippen molar-refractivity contribution in [1.82, 2.24) is 10.2 Å². The van der Waals surface area contributed by atoms with Crippen molar-refractivity contribution >= 4 is 11.8 Å². The minimum absolute atomic E-state index is 0.774. The highest BCUT2D eigenvalue weighted by molar-refractivity contribution is 7.99. The van der Waals surface area contributed by atoms with Crippen LogP contribution in [0.3, 0.4) is 0 Å². The van der Waals surface area contributed by atoms with Gasteiger partial charge >= 0.3 is 0 Å². The summed E-state index contributed by atoms with van der Waals surface area (Å²) in [5.41, 5.74) is 0. The minimum Gasteiger partial charge on any atom is -0.314 e. The van der Waals surface area contributed by atoms with Crippen LogP contribution < -0.4 is 5.32 Å². The molecule has 0 bridgehead atoms. The zero-order valence-electron chi connectivity index (χ0n) is 12.7. The monoisotopic (exact) mass is 272 g/mol. The molecule has 0 radical (unpaired) electrons. The van der Waals surface area contributed by atoms with Gasteiger partial charge in [0.05, 0.1) is 0 Å². The van der Waals surface area contributed by atoms with Crippen LogP contribution in [0.1, 0.15) is 47.0 Å². The summed E-state index contributed by atoms with van der Waals surface area (Å²) in [6.07, 6.45) is 4.04. The third-order valence-electron chi connectivity index (χ3n) is 4.27. The fraction of sp³-hybridized carbons (Fsp3) is 1.00. The molecule has 0 saturated heterocycles. The molecule has 0 heterocycles. The van der Waals surface area contributed by atoms with Crippen molar-refractivity contribution in [2.75, 3.05) is 31.9 Å². The number of rotatable bonds is 9. The van der Waals surface area contributed by atoms with Crippen molar-refractivity contribution in [1.29, 1.82) is 0 Å². The highest BCUT2D eigenvalue weighted by Crippen LogP contribution is 2.35. The van der Waals surface area contributed by atoms with Crippen molar-refractivity contribution in [3.8, 4) is 0 Å². The first-order chi connectivity index (χ1) is 8.72. The Hall–Kier alpha value is 0.270. The molecular weight excluding hydrogens is 240 g/mol. The maximum absolute atomic E-state index is 3.71. The molecule has 1 rings (SSSR count). The second kappa shape index (κ2) is 9.22. The van der Waals surface area contributed by atoms with Gasteiger partial charge < -0.3 is 10.2 Å². The smallest absolute Gasteiger partial charge is 0.0104 e. The van der Waals surface area contributed by atoms with Gasteiger partial charge in [-0.2, -0.15) is 11.8 Å². The van der Waals surface area contributed by atoms with Gasteiger partial charge in [-0.25, -0.2) is 0 Å². The summed E-state index contributed by atoms with van der Waals surface area (Å²) in [5, 5.41) is 4.59. The van der Waals surface area contributed by atoms with Crippen molar-refractivity contribution in [2.24, 2.45) is 5.92 Å². The number of nitrogens with zero attached hydrogens (tertiary/aromatic N) is 1. The quantitative estimate of drug-likeness (QED) is 0.694. The van der Waals surface area contributed by atoms with Gasteiger partial charge in [0.2, 0.25) is 0 Å². The molecule has 0 aromatic rings. The van der Waals surface area contributed by atoms with Gasteiger partial charge in [-0.15, -0.1) is 0 Å². The lowest BCUT2D eigenvalue weighted by Crippen LogP contribution is -2.34. The zero-order valence-corrected chi connectivity index (χ0v) is 13.6. The van der Waals surface area contributed by atoms with Crippen LogP contribution in [0.15, 0.2) is 0 Å². The Morgan fingerprint density at radius 3 is 2.50 bits per heavy atom. The maximum atomic E-state index is 3.71. The molecule has 0 spiro atoms. The van der Waals surface area contributed by atoms with Crippen LogP contribution in [0.5, 0.6) is 0 Å². The van der Waals surface area contributed by atoms with E-state index in [0.717, 1.165) is 17.2 Å². The predicted molar refractivity (Wildman–Crippen MR) is 84.5 cm³/mol. The number of hydrogen-bond donors (Lipinski definition) is 1. The van der Waals surface area contributed by atoms with Crippen LogP contribution in [-0.2, 0) is 0 Å². The summed E-state index contributed by atoms with van der Waals surface area (Å²) in [5.74, 6) is 2.15. The van der Waals surface area contributed by atoms with E-state index in [-0.39, 0.29) is 0 Å². The van der Waals surface area contributed by atoms with Crippen LogP contribution in [0.2, 0.25) is 0 Å². The summed E-state index contributed by atoms with van der Waals surface area (Å²) < 4.78 is 0. The maximum Gasteiger partial charge on any atom is 0.0104 e. The van der Waals surface area contributed by atoms with Gasteiger partial charge in [0.15, 0.2) is 0 Å². The van der Waals surface area contributed by atoms with E-state index in [4.69, 9.17) is 0 Å². The van der Waals surface area contributed by atoms with E-state index < -0.39 is 0 Å². The largest absolute Gasteiger partial charge is 0.314 e. The lowest BCUT2D eigenvalue weighted by Gasteiger charge is -2.23. The second-order valence-electron chi connectivity index (χ2n) is 5.43. The first kappa shape index (κ1) is 16.3. The summed E-state index contributed by atoms with van der Waals surface area (Å²) in [7, 11) is 0. The standard InChI is InChI=1S/C15H32N2S/c1-5-10-16-14-8-9-15(13(14)4)18-12-11-17(6-2)7-3/h13-16H,5-12H2,1-4H3. The first-order valence-electron chi connectivity index (χ1n) is 7.80. The molecule has 2 nitrogen and oxygen atoms in total. The highest BCUT2D eigenvalue weighted by atomic mass is 32.2. The van der Waals surface area contributed by atoms with E-state index in [2.05, 4.69) is 49.7 Å². The summed E-state index contributed by atoms with van der Waals surface area (Å²) >= 11 is 2.21. The van der Waals surface area contributed by atoms with E-state index in [1.165, 1.54) is 51.2 Å². The molecule has 1 aliphatic rings. The molecule has 1 fully saturated rings. The van der Waals surface area contributed by atoms with Crippen molar-refractivity contribution in [2.45, 2.75) is 58.2 Å². The fourth-order valence-corrected chi connectivity index (χ4v) is 4.32. The zero-order chi connectivity index (χ0) is 13.4. The van der Waals surface area contributed by atoms with Crippen LogP contribution in [0.25, 0.3) is 0 Å². The molecule has 1 saturated carbocycles. The third kappa shape index (κ3) is 5.10. The average Bonchev–Trinajstić information content (AvgIpc) is 2.73. The lowest BCUT2D eigenvalue weighted by atomic mass is 10.1. The average molecular weight is 273 g/mol. The van der Waals surface area contributed by atoms with Crippen LogP contribution in [0, 0.1) is 5.92 Å². The van der Waals surface area contributed by atoms with Crippen LogP contribution in [0.4, 0.5) is 0 Å². The molecule has 3 atom stereocenters. The molecule has 0 amide bonds. The predicted octanol–water partition coefficient (Wildman–Crippen LogP) is 3.23. The molecule has 3 unspecified atom stereocenters. The van der Waals surface area contributed by atoms with Crippen LogP contribution >= 0.6 is 11.8 Å². The van der Waals surface area contributed by atoms with E-state index in [1.54, 1.807) is 0 Å². The van der Waals surface area contributed by atoms with Gasteiger partial charge in [-0.1, -0.05) is 27.7 Å². The Balaban J connectivity index is 2.19. The minimum atomic E-state index is 0.774. The van der Waals surface area contributed by atoms with Crippen LogP contribution in [-0.4, -0.2) is 48.1 Å². The summed E-state index contributed by atoms with van der Waals surface area (Å²) in [4.78, 5) is 2.53. The first-order valence-corrected chi connectivity index (χ1v) is 8.85. The van der Waals surface area contributed by atoms with E-state index in [9.17, 15) is 0 Å². The van der Waals surface area contributed by atoms with E-state index >= 15 is 0 Å². The van der Waals surface area contributed by atoms with Gasteiger partial charge in [0.1, 0.15) is 0 Å². The van der Waals surface area contributed by atoms with Gasteiger partial charge in [-0.3, -0.25) is 0 Å². The second-order valence-corrected chi connectivity index (χ2v) is 6.78. The Kier molecular flexibility index (Phi) is 8.36. The third-order valence-corrected chi connectivity index (χ3v) is 5.79. The molecule has 0 aliphatic heterocycles. The molecule has 1 N–H and O–H groups in total. The normalized spacial score (nSPS) is 28.2. The summed E-state index contributed by atoms with van der Waals surface area (Å²) in [6, 6.07) is 0.774. The summed E-state index contributed by atoms with van der Waals surface area (Å²) in [6.45, 7) is 14.0. The number of nitrogens with one attached hydrogen (secondary N) is 1. The lowest BCUT2D eigenvalue weighted by molar-refractivity contribution is 0.323. The Morgan fingerprint density at radius 2 is 1.89 bits per heavy atom.